The number of carbonyl (C=O) groups excluding carboxylic acids is 1. The van der Waals surface area contributed by atoms with Crippen LogP contribution in [0.25, 0.3) is 0 Å². The molecule has 1 amide bonds. The fourth-order valence-corrected chi connectivity index (χ4v) is 2.51. The Morgan fingerprint density at radius 1 is 1.40 bits per heavy atom. The van der Waals surface area contributed by atoms with Gasteiger partial charge in [0.15, 0.2) is 0 Å². The van der Waals surface area contributed by atoms with Gasteiger partial charge in [0, 0.05) is 19.6 Å². The highest BCUT2D eigenvalue weighted by atomic mass is 32.1. The summed E-state index contributed by atoms with van der Waals surface area (Å²) in [5.74, 6) is 0.665. The number of thiophene rings is 1. The van der Waals surface area contributed by atoms with Crippen LogP contribution in [0.3, 0.4) is 0 Å². The first-order chi connectivity index (χ1) is 9.56. The standard InChI is InChI=1S/C15H19N3OS/c1-11(2)16-14-6-4-5-13(17-14)15(19)18(3)9-12-7-8-20-10-12/h4-8,10-11H,9H2,1-3H3,(H,16,17). The molecule has 0 radical (unpaired) electrons. The van der Waals surface area contributed by atoms with Gasteiger partial charge in [-0.05, 0) is 48.4 Å². The highest BCUT2D eigenvalue weighted by molar-refractivity contribution is 7.07. The zero-order valence-corrected chi connectivity index (χ0v) is 12.8. The van der Waals surface area contributed by atoms with E-state index in [2.05, 4.69) is 10.3 Å². The zero-order chi connectivity index (χ0) is 14.5. The van der Waals surface area contributed by atoms with Gasteiger partial charge in [0.2, 0.25) is 0 Å². The number of hydrogen-bond donors (Lipinski definition) is 1. The number of nitrogens with one attached hydrogen (secondary N) is 1. The van der Waals surface area contributed by atoms with E-state index in [9.17, 15) is 4.79 Å². The van der Waals surface area contributed by atoms with Crippen LogP contribution in [0.5, 0.6) is 0 Å². The first-order valence-corrected chi connectivity index (χ1v) is 7.50. The van der Waals surface area contributed by atoms with Crippen LogP contribution in [0.15, 0.2) is 35.0 Å². The molecule has 4 nitrogen and oxygen atoms in total. The number of amides is 1. The molecule has 0 fully saturated rings. The molecule has 20 heavy (non-hydrogen) atoms. The first kappa shape index (κ1) is 14.5. The van der Waals surface area contributed by atoms with Crippen molar-refractivity contribution in [3.05, 3.63) is 46.3 Å². The lowest BCUT2D eigenvalue weighted by Crippen LogP contribution is -2.27. The van der Waals surface area contributed by atoms with Crippen molar-refractivity contribution in [1.82, 2.24) is 9.88 Å². The second-order valence-electron chi connectivity index (χ2n) is 5.00. The van der Waals surface area contributed by atoms with Gasteiger partial charge in [-0.25, -0.2) is 4.98 Å². The number of aromatic nitrogens is 1. The van der Waals surface area contributed by atoms with Crippen LogP contribution in [0.2, 0.25) is 0 Å². The Balaban J connectivity index is 2.08. The van der Waals surface area contributed by atoms with E-state index in [4.69, 9.17) is 0 Å². The molecule has 0 aromatic carbocycles. The summed E-state index contributed by atoms with van der Waals surface area (Å²) in [5, 5.41) is 7.27. The van der Waals surface area contributed by atoms with Crippen molar-refractivity contribution >= 4 is 23.1 Å². The molecule has 0 unspecified atom stereocenters. The molecular formula is C15H19N3OS. The van der Waals surface area contributed by atoms with E-state index < -0.39 is 0 Å². The van der Waals surface area contributed by atoms with Gasteiger partial charge >= 0.3 is 0 Å². The summed E-state index contributed by atoms with van der Waals surface area (Å²) in [6.45, 7) is 4.68. The average Bonchev–Trinajstić information content (AvgIpc) is 2.90. The van der Waals surface area contributed by atoms with Crippen molar-refractivity contribution in [3.8, 4) is 0 Å². The zero-order valence-electron chi connectivity index (χ0n) is 12.0. The van der Waals surface area contributed by atoms with Crippen LogP contribution in [-0.4, -0.2) is 28.9 Å². The monoisotopic (exact) mass is 289 g/mol. The summed E-state index contributed by atoms with van der Waals surface area (Å²) >= 11 is 1.63. The van der Waals surface area contributed by atoms with Crippen LogP contribution in [-0.2, 0) is 6.54 Å². The Morgan fingerprint density at radius 3 is 2.85 bits per heavy atom. The Morgan fingerprint density at radius 2 is 2.20 bits per heavy atom. The lowest BCUT2D eigenvalue weighted by Gasteiger charge is -2.17. The third-order valence-corrected chi connectivity index (χ3v) is 3.48. The van der Waals surface area contributed by atoms with Gasteiger partial charge in [0.25, 0.3) is 5.91 Å². The highest BCUT2D eigenvalue weighted by Gasteiger charge is 2.14. The van der Waals surface area contributed by atoms with Crippen molar-refractivity contribution in [3.63, 3.8) is 0 Å². The van der Waals surface area contributed by atoms with Crippen LogP contribution in [0.4, 0.5) is 5.82 Å². The van der Waals surface area contributed by atoms with E-state index in [1.54, 1.807) is 29.4 Å². The van der Waals surface area contributed by atoms with Crippen LogP contribution in [0.1, 0.15) is 29.9 Å². The molecule has 2 aromatic rings. The number of anilines is 1. The molecular weight excluding hydrogens is 270 g/mol. The van der Waals surface area contributed by atoms with Gasteiger partial charge < -0.3 is 10.2 Å². The minimum absolute atomic E-state index is 0.0661. The molecule has 0 aliphatic heterocycles. The van der Waals surface area contributed by atoms with Crippen LogP contribution in [0, 0.1) is 0 Å². The van der Waals surface area contributed by atoms with Crippen molar-refractivity contribution in [2.75, 3.05) is 12.4 Å². The number of pyridine rings is 1. The van der Waals surface area contributed by atoms with E-state index in [0.717, 1.165) is 11.4 Å². The third kappa shape index (κ3) is 3.81. The Hall–Kier alpha value is -1.88. The largest absolute Gasteiger partial charge is 0.368 e. The summed E-state index contributed by atoms with van der Waals surface area (Å²) in [4.78, 5) is 18.4. The van der Waals surface area contributed by atoms with Gasteiger partial charge in [-0.2, -0.15) is 11.3 Å². The predicted octanol–water partition coefficient (Wildman–Crippen LogP) is 3.24. The molecule has 0 bridgehead atoms. The highest BCUT2D eigenvalue weighted by Crippen LogP contribution is 2.12. The van der Waals surface area contributed by atoms with Crippen LogP contribution >= 0.6 is 11.3 Å². The maximum Gasteiger partial charge on any atom is 0.272 e. The molecule has 0 saturated heterocycles. The quantitative estimate of drug-likeness (QED) is 0.919. The van der Waals surface area contributed by atoms with Crippen molar-refractivity contribution < 1.29 is 4.79 Å². The van der Waals surface area contributed by atoms with Gasteiger partial charge in [-0.15, -0.1) is 0 Å². The molecule has 0 aliphatic rings. The van der Waals surface area contributed by atoms with Crippen LogP contribution < -0.4 is 5.32 Å². The van der Waals surface area contributed by atoms with Gasteiger partial charge in [-0.1, -0.05) is 6.07 Å². The van der Waals surface area contributed by atoms with E-state index >= 15 is 0 Å². The minimum atomic E-state index is -0.0661. The van der Waals surface area contributed by atoms with Crippen molar-refractivity contribution in [1.29, 1.82) is 0 Å². The summed E-state index contributed by atoms with van der Waals surface area (Å²) in [7, 11) is 1.80. The van der Waals surface area contributed by atoms with Gasteiger partial charge in [0.05, 0.1) is 0 Å². The fraction of sp³-hybridized carbons (Fsp3) is 0.333. The topological polar surface area (TPSA) is 45.2 Å². The molecule has 0 saturated carbocycles. The summed E-state index contributed by atoms with van der Waals surface area (Å²) in [6, 6.07) is 7.78. The minimum Gasteiger partial charge on any atom is -0.368 e. The van der Waals surface area contributed by atoms with Crippen molar-refractivity contribution in [2.24, 2.45) is 0 Å². The lowest BCUT2D eigenvalue weighted by atomic mass is 10.2. The van der Waals surface area contributed by atoms with E-state index in [1.807, 2.05) is 42.8 Å². The SMILES string of the molecule is CC(C)Nc1cccc(C(=O)N(C)Cc2ccsc2)n1. The Kier molecular flexibility index (Phi) is 4.74. The maximum absolute atomic E-state index is 12.3. The molecule has 2 rings (SSSR count). The Labute approximate surface area is 123 Å². The lowest BCUT2D eigenvalue weighted by molar-refractivity contribution is 0.0779. The molecule has 2 aromatic heterocycles. The molecule has 0 atom stereocenters. The molecule has 0 spiro atoms. The van der Waals surface area contributed by atoms with Crippen molar-refractivity contribution in [2.45, 2.75) is 26.4 Å². The molecule has 0 aliphatic carbocycles. The molecule has 5 heteroatoms. The number of hydrogen-bond acceptors (Lipinski definition) is 4. The summed E-state index contributed by atoms with van der Waals surface area (Å²) < 4.78 is 0. The summed E-state index contributed by atoms with van der Waals surface area (Å²) in [6.07, 6.45) is 0. The van der Waals surface area contributed by atoms with E-state index in [0.29, 0.717) is 12.2 Å². The predicted molar refractivity (Wildman–Crippen MR) is 83.1 cm³/mol. The van der Waals surface area contributed by atoms with Gasteiger partial charge in [-0.3, -0.25) is 4.79 Å². The molecule has 2 heterocycles. The molecule has 1 N–H and O–H groups in total. The van der Waals surface area contributed by atoms with E-state index in [1.165, 1.54) is 0 Å². The smallest absolute Gasteiger partial charge is 0.272 e. The van der Waals surface area contributed by atoms with Gasteiger partial charge in [0.1, 0.15) is 11.5 Å². The fourth-order valence-electron chi connectivity index (χ4n) is 1.85. The Bertz CT molecular complexity index is 566. The average molecular weight is 289 g/mol. The molecule has 106 valence electrons. The number of nitrogens with zero attached hydrogens (tertiary/aromatic N) is 2. The second kappa shape index (κ2) is 6.52. The normalized spacial score (nSPS) is 10.6. The number of rotatable bonds is 5. The third-order valence-electron chi connectivity index (χ3n) is 2.75. The first-order valence-electron chi connectivity index (χ1n) is 6.56. The van der Waals surface area contributed by atoms with E-state index in [-0.39, 0.29) is 11.9 Å². The maximum atomic E-state index is 12.3. The summed E-state index contributed by atoms with van der Waals surface area (Å²) in [5.41, 5.74) is 1.61. The number of carbonyl (C=O) groups is 1. The second-order valence-corrected chi connectivity index (χ2v) is 5.78.